The van der Waals surface area contributed by atoms with E-state index in [0.29, 0.717) is 12.4 Å². The van der Waals surface area contributed by atoms with Gasteiger partial charge in [-0.05, 0) is 36.2 Å². The zero-order valence-corrected chi connectivity index (χ0v) is 9.87. The first-order valence-electron chi connectivity index (χ1n) is 4.34. The minimum absolute atomic E-state index is 0.312. The van der Waals surface area contributed by atoms with Gasteiger partial charge in [-0.1, -0.05) is 0 Å². The maximum absolute atomic E-state index is 8.82. The molecule has 0 aliphatic rings. The third-order valence-corrected chi connectivity index (χ3v) is 2.62. The highest BCUT2D eigenvalue weighted by molar-refractivity contribution is 9.10. The second-order valence-corrected chi connectivity index (χ2v) is 4.73. The third-order valence-electron chi connectivity index (χ3n) is 2.01. The molecule has 0 aromatic carbocycles. The van der Waals surface area contributed by atoms with Gasteiger partial charge in [-0.3, -0.25) is 4.68 Å². The molecule has 1 heterocycles. The van der Waals surface area contributed by atoms with Gasteiger partial charge < -0.3 is 5.73 Å². The lowest BCUT2D eigenvalue weighted by molar-refractivity contribution is 0.399. The summed E-state index contributed by atoms with van der Waals surface area (Å²) in [5.41, 5.74) is 5.26. The Balaban J connectivity index is 2.59. The molecule has 0 radical (unpaired) electrons. The van der Waals surface area contributed by atoms with Gasteiger partial charge in [0.05, 0.1) is 16.0 Å². The van der Waals surface area contributed by atoms with E-state index in [1.165, 1.54) is 0 Å². The lowest BCUT2D eigenvalue weighted by Gasteiger charge is -2.14. The molecule has 14 heavy (non-hydrogen) atoms. The minimum Gasteiger partial charge on any atom is -0.381 e. The van der Waals surface area contributed by atoms with Crippen LogP contribution in [0.25, 0.3) is 0 Å². The van der Waals surface area contributed by atoms with Crippen molar-refractivity contribution >= 4 is 21.7 Å². The van der Waals surface area contributed by atoms with Crippen LogP contribution in [0.1, 0.15) is 20.3 Å². The molecule has 0 atom stereocenters. The Morgan fingerprint density at radius 1 is 1.71 bits per heavy atom. The summed E-state index contributed by atoms with van der Waals surface area (Å²) < 4.78 is 2.55. The monoisotopic (exact) mass is 256 g/mol. The first-order chi connectivity index (χ1) is 6.44. The Morgan fingerprint density at radius 2 is 2.36 bits per heavy atom. The topological polar surface area (TPSA) is 67.6 Å². The summed E-state index contributed by atoms with van der Waals surface area (Å²) in [5.74, 6) is 0.486. The number of nitrogen functional groups attached to an aromatic ring is 1. The number of hydrogen-bond donors (Lipinski definition) is 1. The van der Waals surface area contributed by atoms with Gasteiger partial charge in [0.1, 0.15) is 0 Å². The highest BCUT2D eigenvalue weighted by Crippen LogP contribution is 2.21. The first kappa shape index (κ1) is 11.1. The second kappa shape index (κ2) is 4.01. The first-order valence-corrected chi connectivity index (χ1v) is 5.13. The van der Waals surface area contributed by atoms with Gasteiger partial charge in [0.2, 0.25) is 0 Å². The summed E-state index contributed by atoms with van der Waals surface area (Å²) in [6.45, 7) is 4.53. The number of anilines is 1. The van der Waals surface area contributed by atoms with Crippen molar-refractivity contribution in [2.75, 3.05) is 5.73 Å². The van der Waals surface area contributed by atoms with Crippen LogP contribution in [0.2, 0.25) is 0 Å². The molecule has 1 aromatic heterocycles. The van der Waals surface area contributed by atoms with E-state index in [1.54, 1.807) is 4.68 Å². The van der Waals surface area contributed by atoms with Gasteiger partial charge in [-0.25, -0.2) is 0 Å². The van der Waals surface area contributed by atoms with E-state index >= 15 is 0 Å². The van der Waals surface area contributed by atoms with Crippen LogP contribution >= 0.6 is 15.9 Å². The number of nitriles is 1. The number of nitrogens with zero attached hydrogens (tertiary/aromatic N) is 3. The molecule has 2 N–H and O–H groups in total. The van der Waals surface area contributed by atoms with Crippen molar-refractivity contribution in [3.05, 3.63) is 10.7 Å². The number of aryl methyl sites for hydroxylation is 1. The summed E-state index contributed by atoms with van der Waals surface area (Å²) >= 11 is 3.28. The van der Waals surface area contributed by atoms with E-state index in [0.717, 1.165) is 10.9 Å². The maximum Gasteiger partial charge on any atom is 0.159 e. The summed E-state index contributed by atoms with van der Waals surface area (Å²) in [5, 5.41) is 12.9. The van der Waals surface area contributed by atoms with Crippen molar-refractivity contribution < 1.29 is 0 Å². The van der Waals surface area contributed by atoms with Crippen molar-refractivity contribution in [1.29, 1.82) is 5.26 Å². The molecule has 0 spiro atoms. The Kier molecular flexibility index (Phi) is 3.17. The molecule has 4 nitrogen and oxygen atoms in total. The smallest absolute Gasteiger partial charge is 0.159 e. The molecule has 0 aliphatic carbocycles. The predicted octanol–water partition coefficient (Wildman–Crippen LogP) is 2.17. The molecule has 1 rings (SSSR count). The highest BCUT2D eigenvalue weighted by atomic mass is 79.9. The van der Waals surface area contributed by atoms with Crippen molar-refractivity contribution in [3.63, 3.8) is 0 Å². The van der Waals surface area contributed by atoms with E-state index in [9.17, 15) is 0 Å². The Bertz CT molecular complexity index is 342. The average Bonchev–Trinajstić information content (AvgIpc) is 2.44. The standard InChI is InChI=1S/C9H13BrN4/c1-9(2,6-11)3-4-14-5-7(10)8(12)13-14/h5H,3-4H2,1-2H3,(H2,12,13). The van der Waals surface area contributed by atoms with Crippen LogP contribution < -0.4 is 5.73 Å². The van der Waals surface area contributed by atoms with Gasteiger partial charge in [0.25, 0.3) is 0 Å². The van der Waals surface area contributed by atoms with E-state index in [4.69, 9.17) is 11.0 Å². The third kappa shape index (κ3) is 2.74. The number of nitrogens with two attached hydrogens (primary N) is 1. The summed E-state index contributed by atoms with van der Waals surface area (Å²) in [6.07, 6.45) is 2.58. The van der Waals surface area contributed by atoms with Crippen molar-refractivity contribution in [3.8, 4) is 6.07 Å². The molecule has 5 heteroatoms. The van der Waals surface area contributed by atoms with Gasteiger partial charge in [-0.2, -0.15) is 10.4 Å². The van der Waals surface area contributed by atoms with Gasteiger partial charge in [-0.15, -0.1) is 0 Å². The van der Waals surface area contributed by atoms with Crippen LogP contribution in [0.4, 0.5) is 5.82 Å². The molecule has 1 aromatic rings. The molecule has 0 bridgehead atoms. The Labute approximate surface area is 91.8 Å². The van der Waals surface area contributed by atoms with Crippen molar-refractivity contribution in [2.45, 2.75) is 26.8 Å². The molecule has 0 aliphatic heterocycles. The van der Waals surface area contributed by atoms with Gasteiger partial charge >= 0.3 is 0 Å². The predicted molar refractivity (Wildman–Crippen MR) is 58.4 cm³/mol. The number of aromatic nitrogens is 2. The Morgan fingerprint density at radius 3 is 2.79 bits per heavy atom. The Hall–Kier alpha value is -1.02. The molecular weight excluding hydrogens is 244 g/mol. The largest absolute Gasteiger partial charge is 0.381 e. The summed E-state index contributed by atoms with van der Waals surface area (Å²) in [7, 11) is 0. The molecule has 0 saturated carbocycles. The minimum atomic E-state index is -0.312. The fraction of sp³-hybridized carbons (Fsp3) is 0.556. The van der Waals surface area contributed by atoms with Gasteiger partial charge in [0, 0.05) is 12.7 Å². The van der Waals surface area contributed by atoms with Crippen LogP contribution in [0.5, 0.6) is 0 Å². The molecular formula is C9H13BrN4. The average molecular weight is 257 g/mol. The molecule has 0 saturated heterocycles. The maximum atomic E-state index is 8.82. The summed E-state index contributed by atoms with van der Waals surface area (Å²) in [4.78, 5) is 0. The van der Waals surface area contributed by atoms with Crippen molar-refractivity contribution in [2.24, 2.45) is 5.41 Å². The van der Waals surface area contributed by atoms with Gasteiger partial charge in [0.15, 0.2) is 5.82 Å². The van der Waals surface area contributed by atoms with E-state index in [2.05, 4.69) is 27.1 Å². The van der Waals surface area contributed by atoms with Crippen LogP contribution in [0, 0.1) is 16.7 Å². The van der Waals surface area contributed by atoms with Crippen molar-refractivity contribution in [1.82, 2.24) is 9.78 Å². The fourth-order valence-electron chi connectivity index (χ4n) is 0.976. The number of rotatable bonds is 3. The van der Waals surface area contributed by atoms with Crippen LogP contribution in [0.15, 0.2) is 10.7 Å². The fourth-order valence-corrected chi connectivity index (χ4v) is 1.29. The number of halogens is 1. The molecule has 76 valence electrons. The second-order valence-electron chi connectivity index (χ2n) is 3.87. The van der Waals surface area contributed by atoms with Crippen LogP contribution in [0.3, 0.4) is 0 Å². The zero-order chi connectivity index (χ0) is 10.8. The molecule has 0 fully saturated rings. The van der Waals surface area contributed by atoms with Crippen LogP contribution in [-0.4, -0.2) is 9.78 Å². The molecule has 0 amide bonds. The SMILES string of the molecule is CC(C)(C#N)CCn1cc(Br)c(N)n1. The lowest BCUT2D eigenvalue weighted by atomic mass is 9.92. The normalized spacial score (nSPS) is 11.3. The quantitative estimate of drug-likeness (QED) is 0.902. The van der Waals surface area contributed by atoms with E-state index < -0.39 is 0 Å². The zero-order valence-electron chi connectivity index (χ0n) is 8.29. The van der Waals surface area contributed by atoms with E-state index in [-0.39, 0.29) is 5.41 Å². The summed E-state index contributed by atoms with van der Waals surface area (Å²) in [6, 6.07) is 2.25. The van der Waals surface area contributed by atoms with E-state index in [1.807, 2.05) is 20.0 Å². The number of hydrogen-bond acceptors (Lipinski definition) is 3. The lowest BCUT2D eigenvalue weighted by Crippen LogP contribution is -2.12. The van der Waals surface area contributed by atoms with Crippen LogP contribution in [-0.2, 0) is 6.54 Å². The molecule has 0 unspecified atom stereocenters. The highest BCUT2D eigenvalue weighted by Gasteiger charge is 2.16.